The van der Waals surface area contributed by atoms with Gasteiger partial charge in [0, 0.05) is 12.8 Å². The zero-order chi connectivity index (χ0) is 17.5. The van der Waals surface area contributed by atoms with E-state index in [0.717, 1.165) is 6.42 Å². The molecule has 0 aromatic heterocycles. The van der Waals surface area contributed by atoms with Gasteiger partial charge in [0.1, 0.15) is 17.4 Å². The van der Waals surface area contributed by atoms with Crippen LogP contribution in [-0.4, -0.2) is 25.2 Å². The fourth-order valence-electron chi connectivity index (χ4n) is 2.13. The second-order valence-corrected chi connectivity index (χ2v) is 6.17. The van der Waals surface area contributed by atoms with Gasteiger partial charge in [-0.05, 0) is 37.5 Å². The lowest BCUT2D eigenvalue weighted by atomic mass is 9.99. The summed E-state index contributed by atoms with van der Waals surface area (Å²) in [6, 6.07) is 7.17. The predicted octanol–water partition coefficient (Wildman–Crippen LogP) is 3.74. The fraction of sp³-hybridized carbons (Fsp3) is 0.556. The summed E-state index contributed by atoms with van der Waals surface area (Å²) < 4.78 is 11.0. The number of anilines is 1. The minimum Gasteiger partial charge on any atom is -0.492 e. The number of nitrogens with zero attached hydrogens (tertiary/aromatic N) is 1. The summed E-state index contributed by atoms with van der Waals surface area (Å²) in [5.74, 6) is 0.682. The van der Waals surface area contributed by atoms with E-state index in [2.05, 4.69) is 11.4 Å². The first-order chi connectivity index (χ1) is 10.9. The number of rotatable bonds is 8. The van der Waals surface area contributed by atoms with Gasteiger partial charge in [0.2, 0.25) is 0 Å². The number of nitriles is 1. The highest BCUT2D eigenvalue weighted by molar-refractivity contribution is 5.97. The van der Waals surface area contributed by atoms with Crippen LogP contribution in [0.15, 0.2) is 18.2 Å². The Morgan fingerprint density at radius 3 is 2.65 bits per heavy atom. The molecule has 1 amide bonds. The van der Waals surface area contributed by atoms with Gasteiger partial charge < -0.3 is 14.8 Å². The Hall–Kier alpha value is -2.06. The largest absolute Gasteiger partial charge is 0.492 e. The van der Waals surface area contributed by atoms with Gasteiger partial charge in [0.15, 0.2) is 0 Å². The molecule has 0 spiro atoms. The average molecular weight is 318 g/mol. The van der Waals surface area contributed by atoms with E-state index in [1.165, 1.54) is 7.11 Å². The smallest absolute Gasteiger partial charge is 0.256 e. The van der Waals surface area contributed by atoms with Gasteiger partial charge in [-0.1, -0.05) is 27.2 Å². The number of ether oxygens (including phenoxy) is 2. The number of carbonyl (C=O) groups excluding carboxylic acids is 1. The second kappa shape index (κ2) is 8.54. The third-order valence-electron chi connectivity index (χ3n) is 3.59. The quantitative estimate of drug-likeness (QED) is 0.792. The molecule has 1 aromatic rings. The maximum absolute atomic E-state index is 12.4. The van der Waals surface area contributed by atoms with Crippen molar-refractivity contribution in [3.8, 4) is 11.8 Å². The third-order valence-corrected chi connectivity index (χ3v) is 3.59. The fourth-order valence-corrected chi connectivity index (χ4v) is 2.13. The molecule has 0 unspecified atom stereocenters. The summed E-state index contributed by atoms with van der Waals surface area (Å²) in [6.07, 6.45) is 1.46. The highest BCUT2D eigenvalue weighted by atomic mass is 16.5. The zero-order valence-corrected chi connectivity index (χ0v) is 14.6. The number of amides is 1. The van der Waals surface area contributed by atoms with E-state index in [1.807, 2.05) is 20.8 Å². The summed E-state index contributed by atoms with van der Waals surface area (Å²) in [5, 5.41) is 12.1. The van der Waals surface area contributed by atoms with Crippen molar-refractivity contribution in [1.29, 1.82) is 5.26 Å². The molecule has 0 aliphatic heterocycles. The van der Waals surface area contributed by atoms with Gasteiger partial charge in [-0.2, -0.15) is 5.26 Å². The maximum atomic E-state index is 12.4. The predicted molar refractivity (Wildman–Crippen MR) is 90.4 cm³/mol. The number of methoxy groups -OCH3 is 1. The first-order valence-electron chi connectivity index (χ1n) is 7.89. The molecule has 0 radical (unpaired) electrons. The Labute approximate surface area is 138 Å². The lowest BCUT2D eigenvalue weighted by Crippen LogP contribution is -2.41. The van der Waals surface area contributed by atoms with Crippen LogP contribution in [0.25, 0.3) is 0 Å². The molecule has 0 heterocycles. The first-order valence-corrected chi connectivity index (χ1v) is 7.89. The van der Waals surface area contributed by atoms with E-state index in [-0.39, 0.29) is 5.91 Å². The Morgan fingerprint density at radius 2 is 2.13 bits per heavy atom. The van der Waals surface area contributed by atoms with Gasteiger partial charge in [-0.15, -0.1) is 0 Å². The molecule has 0 aliphatic rings. The molecule has 0 aliphatic carbocycles. The van der Waals surface area contributed by atoms with Gasteiger partial charge in [-0.25, -0.2) is 0 Å². The van der Waals surface area contributed by atoms with E-state index in [9.17, 15) is 10.1 Å². The highest BCUT2D eigenvalue weighted by Crippen LogP contribution is 2.25. The molecule has 1 atom stereocenters. The average Bonchev–Trinajstić information content (AvgIpc) is 2.53. The molecule has 126 valence electrons. The summed E-state index contributed by atoms with van der Waals surface area (Å²) >= 11 is 0. The van der Waals surface area contributed by atoms with Crippen LogP contribution in [0.5, 0.6) is 5.75 Å². The highest BCUT2D eigenvalue weighted by Gasteiger charge is 2.32. The van der Waals surface area contributed by atoms with Crippen molar-refractivity contribution in [3.63, 3.8) is 0 Å². The van der Waals surface area contributed by atoms with Crippen LogP contribution in [-0.2, 0) is 9.53 Å². The minimum absolute atomic E-state index is 0.221. The number of nitrogens with one attached hydrogen (secondary N) is 1. The summed E-state index contributed by atoms with van der Waals surface area (Å²) in [7, 11) is 1.53. The van der Waals surface area contributed by atoms with E-state index < -0.39 is 5.60 Å². The molecular weight excluding hydrogens is 292 g/mol. The lowest BCUT2D eigenvalue weighted by molar-refractivity contribution is -0.136. The summed E-state index contributed by atoms with van der Waals surface area (Å²) in [4.78, 5) is 12.4. The van der Waals surface area contributed by atoms with Gasteiger partial charge >= 0.3 is 0 Å². The third kappa shape index (κ3) is 5.26. The van der Waals surface area contributed by atoms with Crippen LogP contribution in [0, 0.1) is 17.2 Å². The van der Waals surface area contributed by atoms with Crippen molar-refractivity contribution < 1.29 is 14.3 Å². The number of benzene rings is 1. The van der Waals surface area contributed by atoms with Gasteiger partial charge in [-0.3, -0.25) is 4.79 Å². The second-order valence-electron chi connectivity index (χ2n) is 6.17. The van der Waals surface area contributed by atoms with Crippen molar-refractivity contribution in [1.82, 2.24) is 0 Å². The Morgan fingerprint density at radius 1 is 1.43 bits per heavy atom. The number of carbonyl (C=O) groups is 1. The molecular formula is C18H26N2O3. The van der Waals surface area contributed by atoms with Crippen LogP contribution in [0.4, 0.5) is 5.69 Å². The van der Waals surface area contributed by atoms with E-state index in [1.54, 1.807) is 25.1 Å². The van der Waals surface area contributed by atoms with Crippen LogP contribution >= 0.6 is 0 Å². The van der Waals surface area contributed by atoms with E-state index in [0.29, 0.717) is 35.9 Å². The molecule has 5 heteroatoms. The summed E-state index contributed by atoms with van der Waals surface area (Å²) in [6.45, 7) is 8.38. The number of hydrogen-bond donors (Lipinski definition) is 1. The van der Waals surface area contributed by atoms with E-state index in [4.69, 9.17) is 9.47 Å². The van der Waals surface area contributed by atoms with E-state index >= 15 is 0 Å². The normalized spacial score (nSPS) is 13.3. The molecule has 23 heavy (non-hydrogen) atoms. The molecule has 0 bridgehead atoms. The minimum atomic E-state index is -0.881. The molecule has 1 aromatic carbocycles. The molecule has 0 fully saturated rings. The van der Waals surface area contributed by atoms with Crippen LogP contribution in [0.2, 0.25) is 0 Å². The Kier molecular flexibility index (Phi) is 7.05. The van der Waals surface area contributed by atoms with Crippen molar-refractivity contribution in [2.24, 2.45) is 5.92 Å². The van der Waals surface area contributed by atoms with Crippen molar-refractivity contribution in [2.45, 2.75) is 46.1 Å². The zero-order valence-electron chi connectivity index (χ0n) is 14.6. The van der Waals surface area contributed by atoms with Crippen LogP contribution in [0.3, 0.4) is 0 Å². The Balaban J connectivity index is 2.90. The topological polar surface area (TPSA) is 71.3 Å². The standard InChI is InChI=1S/C18H26N2O3/c1-6-9-18(4,22-5)17(21)20-15-7-8-16(14(10-15)11-19)23-12-13(2)3/h7-8,10,13H,6,9,12H2,1-5H3,(H,20,21)/t18-/m0/s1. The van der Waals surface area contributed by atoms with Gasteiger partial charge in [0.05, 0.1) is 12.2 Å². The van der Waals surface area contributed by atoms with Crippen LogP contribution < -0.4 is 10.1 Å². The SMILES string of the molecule is CCC[C@](C)(OC)C(=O)Nc1ccc(OCC(C)C)c(C#N)c1. The molecule has 1 N–H and O–H groups in total. The molecule has 0 saturated carbocycles. The van der Waals surface area contributed by atoms with Crippen LogP contribution in [0.1, 0.15) is 46.1 Å². The lowest BCUT2D eigenvalue weighted by Gasteiger charge is -2.26. The van der Waals surface area contributed by atoms with Crippen molar-refractivity contribution >= 4 is 11.6 Å². The molecule has 5 nitrogen and oxygen atoms in total. The molecule has 0 saturated heterocycles. The first kappa shape index (κ1) is 19.0. The summed E-state index contributed by atoms with van der Waals surface area (Å²) in [5.41, 5.74) is 0.0786. The van der Waals surface area contributed by atoms with Crippen molar-refractivity contribution in [2.75, 3.05) is 19.0 Å². The Bertz CT molecular complexity index is 578. The maximum Gasteiger partial charge on any atom is 0.256 e. The van der Waals surface area contributed by atoms with Gasteiger partial charge in [0.25, 0.3) is 5.91 Å². The number of hydrogen-bond acceptors (Lipinski definition) is 4. The van der Waals surface area contributed by atoms with Crippen molar-refractivity contribution in [3.05, 3.63) is 23.8 Å². The molecule has 1 rings (SSSR count). The monoisotopic (exact) mass is 318 g/mol.